The van der Waals surface area contributed by atoms with Crippen LogP contribution >= 0.6 is 0 Å². The summed E-state index contributed by atoms with van der Waals surface area (Å²) in [5.74, 6) is -1.78. The van der Waals surface area contributed by atoms with Crippen LogP contribution in [0.5, 0.6) is 0 Å². The number of hydrogen-bond donors (Lipinski definition) is 0. The molecule has 0 radical (unpaired) electrons. The van der Waals surface area contributed by atoms with E-state index in [1.807, 2.05) is 16.8 Å². The summed E-state index contributed by atoms with van der Waals surface area (Å²) in [5, 5.41) is 0. The first kappa shape index (κ1) is 15.9. The normalized spacial score (nSPS) is 21.5. The number of rotatable bonds is 2. The molecule has 1 atom stereocenters. The lowest BCUT2D eigenvalue weighted by molar-refractivity contribution is -0.140. The molecule has 0 amide bonds. The molecule has 1 aliphatic rings. The van der Waals surface area contributed by atoms with Gasteiger partial charge in [0.1, 0.15) is 5.82 Å². The summed E-state index contributed by atoms with van der Waals surface area (Å²) in [4.78, 5) is 16.1. The van der Waals surface area contributed by atoms with Crippen molar-refractivity contribution in [2.45, 2.75) is 12.2 Å². The van der Waals surface area contributed by atoms with E-state index in [2.05, 4.69) is 0 Å². The van der Waals surface area contributed by atoms with Gasteiger partial charge in [-0.3, -0.25) is 9.69 Å². The Morgan fingerprint density at radius 2 is 1.90 bits per heavy atom. The van der Waals surface area contributed by atoms with Crippen molar-refractivity contribution in [2.75, 3.05) is 33.7 Å². The van der Waals surface area contributed by atoms with Crippen molar-refractivity contribution in [1.29, 1.82) is 0 Å². The van der Waals surface area contributed by atoms with Gasteiger partial charge in [0.25, 0.3) is 0 Å². The number of alkyl halides is 3. The van der Waals surface area contributed by atoms with Gasteiger partial charge in [0, 0.05) is 25.2 Å². The van der Waals surface area contributed by atoms with Crippen LogP contribution in [0.25, 0.3) is 0 Å². The zero-order chi connectivity index (χ0) is 15.8. The van der Waals surface area contributed by atoms with Gasteiger partial charge in [-0.25, -0.2) is 4.39 Å². The lowest BCUT2D eigenvalue weighted by Crippen LogP contribution is -2.53. The second-order valence-corrected chi connectivity index (χ2v) is 5.32. The molecule has 1 aromatic carbocycles. The minimum Gasteiger partial charge on any atom is -0.303 e. The number of carbonyl (C=O) groups is 1. The summed E-state index contributed by atoms with van der Waals surface area (Å²) < 4.78 is 51.1. The van der Waals surface area contributed by atoms with Gasteiger partial charge in [-0.05, 0) is 26.2 Å². The zero-order valence-corrected chi connectivity index (χ0v) is 11.7. The monoisotopic (exact) mass is 304 g/mol. The number of carbonyl (C=O) groups excluding carboxylic acids is 1. The topological polar surface area (TPSA) is 23.6 Å². The van der Waals surface area contributed by atoms with Crippen molar-refractivity contribution in [1.82, 2.24) is 9.80 Å². The average Bonchev–Trinajstić information content (AvgIpc) is 2.39. The number of Topliss-reactive ketones (excluding diaryl/α,β-unsaturated/α-hetero) is 1. The van der Waals surface area contributed by atoms with E-state index in [9.17, 15) is 22.4 Å². The molecule has 0 spiro atoms. The Hall–Kier alpha value is -1.47. The third-order valence-corrected chi connectivity index (χ3v) is 3.71. The van der Waals surface area contributed by atoms with Crippen LogP contribution in [-0.4, -0.2) is 55.4 Å². The van der Waals surface area contributed by atoms with Crippen LogP contribution in [0.4, 0.5) is 17.6 Å². The van der Waals surface area contributed by atoms with Gasteiger partial charge in [-0.2, -0.15) is 13.2 Å². The van der Waals surface area contributed by atoms with Crippen LogP contribution in [0.1, 0.15) is 15.9 Å². The SMILES string of the molecule is CN1CCN(C)C(C(=O)c2ccc(C(F)(F)F)c(F)c2)C1. The van der Waals surface area contributed by atoms with E-state index in [0.29, 0.717) is 25.2 Å². The summed E-state index contributed by atoms with van der Waals surface area (Å²) in [6.45, 7) is 1.95. The van der Waals surface area contributed by atoms with Crippen molar-refractivity contribution in [3.63, 3.8) is 0 Å². The van der Waals surface area contributed by atoms with Gasteiger partial charge in [-0.1, -0.05) is 6.07 Å². The maximum absolute atomic E-state index is 13.6. The van der Waals surface area contributed by atoms with E-state index in [0.717, 1.165) is 12.6 Å². The minimum absolute atomic E-state index is 0.0346. The Labute approximate surface area is 120 Å². The summed E-state index contributed by atoms with van der Waals surface area (Å²) in [6.07, 6.45) is -4.76. The molecule has 1 aromatic rings. The van der Waals surface area contributed by atoms with Crippen LogP contribution in [-0.2, 0) is 6.18 Å². The summed E-state index contributed by atoms with van der Waals surface area (Å²) in [5.41, 5.74) is -1.39. The quantitative estimate of drug-likeness (QED) is 0.618. The van der Waals surface area contributed by atoms with E-state index < -0.39 is 23.6 Å². The third kappa shape index (κ3) is 3.41. The molecule has 21 heavy (non-hydrogen) atoms. The number of likely N-dealkylation sites (N-methyl/N-ethyl adjacent to an activating group) is 2. The number of hydrogen-bond acceptors (Lipinski definition) is 3. The molecule has 0 aliphatic carbocycles. The predicted molar refractivity (Wildman–Crippen MR) is 69.6 cm³/mol. The number of piperazine rings is 1. The van der Waals surface area contributed by atoms with Crippen LogP contribution in [0.2, 0.25) is 0 Å². The zero-order valence-electron chi connectivity index (χ0n) is 11.7. The highest BCUT2D eigenvalue weighted by Crippen LogP contribution is 2.31. The van der Waals surface area contributed by atoms with Gasteiger partial charge in [0.15, 0.2) is 5.78 Å². The van der Waals surface area contributed by atoms with E-state index in [-0.39, 0.29) is 11.3 Å². The maximum Gasteiger partial charge on any atom is 0.419 e. The van der Waals surface area contributed by atoms with Crippen molar-refractivity contribution in [3.05, 3.63) is 35.1 Å². The molecule has 0 aromatic heterocycles. The highest BCUT2D eigenvalue weighted by atomic mass is 19.4. The fraction of sp³-hybridized carbons (Fsp3) is 0.500. The summed E-state index contributed by atoms with van der Waals surface area (Å²) in [7, 11) is 3.64. The number of ketones is 1. The lowest BCUT2D eigenvalue weighted by atomic mass is 9.99. The molecule has 2 rings (SSSR count). The van der Waals surface area contributed by atoms with Crippen LogP contribution in [0.3, 0.4) is 0 Å². The molecule has 1 heterocycles. The molecule has 0 bridgehead atoms. The van der Waals surface area contributed by atoms with Gasteiger partial charge in [0.2, 0.25) is 0 Å². The number of halogens is 4. The van der Waals surface area contributed by atoms with Gasteiger partial charge in [-0.15, -0.1) is 0 Å². The van der Waals surface area contributed by atoms with Crippen LogP contribution < -0.4 is 0 Å². The highest BCUT2D eigenvalue weighted by Gasteiger charge is 2.35. The van der Waals surface area contributed by atoms with Gasteiger partial charge in [0.05, 0.1) is 11.6 Å². The molecule has 7 heteroatoms. The average molecular weight is 304 g/mol. The summed E-state index contributed by atoms with van der Waals surface area (Å²) in [6, 6.07) is 1.86. The smallest absolute Gasteiger partial charge is 0.303 e. The Morgan fingerprint density at radius 3 is 2.48 bits per heavy atom. The largest absolute Gasteiger partial charge is 0.419 e. The molecule has 1 saturated heterocycles. The Morgan fingerprint density at radius 1 is 1.24 bits per heavy atom. The predicted octanol–water partition coefficient (Wildman–Crippen LogP) is 2.27. The molecule has 1 aliphatic heterocycles. The lowest BCUT2D eigenvalue weighted by Gasteiger charge is -2.36. The standard InChI is InChI=1S/C14H16F4N2O/c1-19-5-6-20(2)12(8-19)13(21)9-3-4-10(11(15)7-9)14(16,17)18/h3-4,7,12H,5-6,8H2,1-2H3. The molecule has 1 unspecified atom stereocenters. The van der Waals surface area contributed by atoms with Crippen molar-refractivity contribution in [3.8, 4) is 0 Å². The molecular weight excluding hydrogens is 288 g/mol. The minimum atomic E-state index is -4.76. The van der Waals surface area contributed by atoms with Gasteiger partial charge < -0.3 is 4.90 Å². The van der Waals surface area contributed by atoms with Crippen molar-refractivity contribution >= 4 is 5.78 Å². The summed E-state index contributed by atoms with van der Waals surface area (Å²) >= 11 is 0. The fourth-order valence-electron chi connectivity index (χ4n) is 2.38. The molecule has 3 nitrogen and oxygen atoms in total. The first-order valence-electron chi connectivity index (χ1n) is 6.50. The van der Waals surface area contributed by atoms with Crippen molar-refractivity contribution < 1.29 is 22.4 Å². The van der Waals surface area contributed by atoms with E-state index >= 15 is 0 Å². The second-order valence-electron chi connectivity index (χ2n) is 5.32. The number of nitrogens with zero attached hydrogens (tertiary/aromatic N) is 2. The second kappa shape index (κ2) is 5.73. The molecule has 1 fully saturated rings. The Kier molecular flexibility index (Phi) is 4.34. The molecule has 0 N–H and O–H groups in total. The fourth-order valence-corrected chi connectivity index (χ4v) is 2.38. The van der Waals surface area contributed by atoms with E-state index in [1.165, 1.54) is 0 Å². The number of benzene rings is 1. The van der Waals surface area contributed by atoms with Crippen molar-refractivity contribution in [2.24, 2.45) is 0 Å². The highest BCUT2D eigenvalue weighted by molar-refractivity contribution is 6.00. The van der Waals surface area contributed by atoms with Crippen LogP contribution in [0, 0.1) is 5.82 Å². The van der Waals surface area contributed by atoms with E-state index in [4.69, 9.17) is 0 Å². The maximum atomic E-state index is 13.6. The third-order valence-electron chi connectivity index (χ3n) is 3.71. The first-order valence-corrected chi connectivity index (χ1v) is 6.50. The molecular formula is C14H16F4N2O. The first-order chi connectivity index (χ1) is 9.70. The Bertz CT molecular complexity index is 544. The molecule has 116 valence electrons. The van der Waals surface area contributed by atoms with Gasteiger partial charge >= 0.3 is 6.18 Å². The Balaban J connectivity index is 2.26. The van der Waals surface area contributed by atoms with Crippen LogP contribution in [0.15, 0.2) is 18.2 Å². The molecule has 0 saturated carbocycles. The van der Waals surface area contributed by atoms with E-state index in [1.54, 1.807) is 7.05 Å².